The van der Waals surface area contributed by atoms with Gasteiger partial charge in [0.05, 0.1) is 6.54 Å². The van der Waals surface area contributed by atoms with E-state index in [0.717, 1.165) is 12.8 Å². The second-order valence-electron chi connectivity index (χ2n) is 4.72. The topological polar surface area (TPSA) is 75.4 Å². The number of carbonyl (C=O) groups is 2. The quantitative estimate of drug-likeness (QED) is 0.777. The first-order valence-electron chi connectivity index (χ1n) is 6.55. The van der Waals surface area contributed by atoms with Crippen LogP contribution in [0.25, 0.3) is 0 Å². The van der Waals surface area contributed by atoms with E-state index in [0.29, 0.717) is 23.8 Å². The molecule has 2 amide bonds. The monoisotopic (exact) mass is 261 g/mol. The molecule has 2 rings (SSSR count). The Kier molecular flexibility index (Phi) is 4.04. The summed E-state index contributed by atoms with van der Waals surface area (Å²) in [5.74, 6) is -0.269. The molecule has 0 radical (unpaired) electrons. The molecular weight excluding hydrogens is 242 g/mol. The molecule has 19 heavy (non-hydrogen) atoms. The zero-order valence-electron chi connectivity index (χ0n) is 11.1. The maximum absolute atomic E-state index is 11.9. The lowest BCUT2D eigenvalue weighted by Crippen LogP contribution is -2.41. The van der Waals surface area contributed by atoms with Crippen molar-refractivity contribution >= 4 is 17.5 Å². The molecule has 5 heteroatoms. The number of carbonyl (C=O) groups excluding carboxylic acids is 2. The summed E-state index contributed by atoms with van der Waals surface area (Å²) >= 11 is 0. The molecule has 5 nitrogen and oxygen atoms in total. The van der Waals surface area contributed by atoms with Crippen molar-refractivity contribution < 1.29 is 9.59 Å². The number of anilines is 1. The van der Waals surface area contributed by atoms with Crippen molar-refractivity contribution in [2.75, 3.05) is 18.8 Å². The van der Waals surface area contributed by atoms with E-state index >= 15 is 0 Å². The lowest BCUT2D eigenvalue weighted by molar-refractivity contribution is -0.130. The molecule has 3 N–H and O–H groups in total. The molecule has 0 aromatic heterocycles. The molecule has 1 saturated carbocycles. The van der Waals surface area contributed by atoms with Gasteiger partial charge in [-0.1, -0.05) is 0 Å². The standard InChI is InChI=1S/C14H19N3O2/c1-2-17(12-7-8-12)13(18)9-16-14(19)10-3-5-11(15)6-4-10/h3-6,12H,2,7-9,15H2,1H3,(H,16,19). The molecule has 0 heterocycles. The Balaban J connectivity index is 1.85. The van der Waals surface area contributed by atoms with Crippen LogP contribution < -0.4 is 11.1 Å². The Labute approximate surface area is 112 Å². The summed E-state index contributed by atoms with van der Waals surface area (Å²) in [5, 5.41) is 2.64. The fourth-order valence-corrected chi connectivity index (χ4v) is 2.02. The molecule has 1 fully saturated rings. The number of hydrogen-bond acceptors (Lipinski definition) is 3. The highest BCUT2D eigenvalue weighted by Gasteiger charge is 2.31. The predicted molar refractivity (Wildman–Crippen MR) is 73.6 cm³/mol. The first-order valence-corrected chi connectivity index (χ1v) is 6.55. The summed E-state index contributed by atoms with van der Waals surface area (Å²) in [5.41, 5.74) is 6.67. The average molecular weight is 261 g/mol. The van der Waals surface area contributed by atoms with Gasteiger partial charge in [0.15, 0.2) is 0 Å². The van der Waals surface area contributed by atoms with Crippen LogP contribution in [0.3, 0.4) is 0 Å². The largest absolute Gasteiger partial charge is 0.399 e. The van der Waals surface area contributed by atoms with Gasteiger partial charge in [0.1, 0.15) is 0 Å². The van der Waals surface area contributed by atoms with Crippen LogP contribution in [0, 0.1) is 0 Å². The molecule has 0 saturated heterocycles. The Morgan fingerprint density at radius 3 is 2.47 bits per heavy atom. The molecule has 1 aromatic carbocycles. The first kappa shape index (κ1) is 13.4. The van der Waals surface area contributed by atoms with Gasteiger partial charge in [-0.3, -0.25) is 9.59 Å². The van der Waals surface area contributed by atoms with Crippen LogP contribution in [-0.4, -0.2) is 35.8 Å². The average Bonchev–Trinajstić information content (AvgIpc) is 3.22. The number of benzene rings is 1. The van der Waals surface area contributed by atoms with Crippen molar-refractivity contribution in [2.24, 2.45) is 0 Å². The van der Waals surface area contributed by atoms with E-state index < -0.39 is 0 Å². The van der Waals surface area contributed by atoms with Gasteiger partial charge in [0, 0.05) is 23.8 Å². The number of amides is 2. The number of likely N-dealkylation sites (N-methyl/N-ethyl adjacent to an activating group) is 1. The SMILES string of the molecule is CCN(C(=O)CNC(=O)c1ccc(N)cc1)C1CC1. The summed E-state index contributed by atoms with van der Waals surface area (Å²) in [4.78, 5) is 25.6. The lowest BCUT2D eigenvalue weighted by atomic mass is 10.2. The molecule has 0 bridgehead atoms. The molecule has 1 aliphatic rings. The highest BCUT2D eigenvalue weighted by atomic mass is 16.2. The van der Waals surface area contributed by atoms with Crippen molar-refractivity contribution in [3.8, 4) is 0 Å². The van der Waals surface area contributed by atoms with E-state index in [1.165, 1.54) is 0 Å². The van der Waals surface area contributed by atoms with Gasteiger partial charge in [-0.25, -0.2) is 0 Å². The zero-order valence-corrected chi connectivity index (χ0v) is 11.1. The molecule has 0 aliphatic heterocycles. The Bertz CT molecular complexity index is 466. The number of nitrogens with two attached hydrogens (primary N) is 1. The van der Waals surface area contributed by atoms with Gasteiger partial charge in [-0.05, 0) is 44.0 Å². The van der Waals surface area contributed by atoms with Gasteiger partial charge in [0.25, 0.3) is 5.91 Å². The van der Waals surface area contributed by atoms with Crippen LogP contribution in [0.15, 0.2) is 24.3 Å². The van der Waals surface area contributed by atoms with E-state index in [2.05, 4.69) is 5.32 Å². The van der Waals surface area contributed by atoms with E-state index in [1.54, 1.807) is 24.3 Å². The molecule has 1 aromatic rings. The summed E-state index contributed by atoms with van der Waals surface area (Å²) < 4.78 is 0. The lowest BCUT2D eigenvalue weighted by Gasteiger charge is -2.20. The minimum Gasteiger partial charge on any atom is -0.399 e. The van der Waals surface area contributed by atoms with Crippen LogP contribution in [0.2, 0.25) is 0 Å². The maximum Gasteiger partial charge on any atom is 0.251 e. The minimum absolute atomic E-state index is 0.0196. The van der Waals surface area contributed by atoms with Crippen LogP contribution in [0.4, 0.5) is 5.69 Å². The Hall–Kier alpha value is -2.04. The molecular formula is C14H19N3O2. The summed E-state index contributed by atoms with van der Waals surface area (Å²) in [7, 11) is 0. The third kappa shape index (κ3) is 3.47. The first-order chi connectivity index (χ1) is 9.11. The fourth-order valence-electron chi connectivity index (χ4n) is 2.02. The van der Waals surface area contributed by atoms with Crippen molar-refractivity contribution in [3.05, 3.63) is 29.8 Å². The summed E-state index contributed by atoms with van der Waals surface area (Å²) in [6.07, 6.45) is 2.15. The molecule has 0 spiro atoms. The second kappa shape index (κ2) is 5.73. The van der Waals surface area contributed by atoms with Gasteiger partial charge < -0.3 is 16.0 Å². The number of nitrogens with zero attached hydrogens (tertiary/aromatic N) is 1. The molecule has 1 aliphatic carbocycles. The number of nitrogens with one attached hydrogen (secondary N) is 1. The van der Waals surface area contributed by atoms with Crippen LogP contribution in [0.5, 0.6) is 0 Å². The molecule has 102 valence electrons. The van der Waals surface area contributed by atoms with Crippen molar-refractivity contribution in [1.29, 1.82) is 0 Å². The maximum atomic E-state index is 11.9. The summed E-state index contributed by atoms with van der Waals surface area (Å²) in [6, 6.07) is 7.01. The van der Waals surface area contributed by atoms with E-state index in [4.69, 9.17) is 5.73 Å². The Morgan fingerprint density at radius 1 is 1.32 bits per heavy atom. The van der Waals surface area contributed by atoms with E-state index in [-0.39, 0.29) is 18.4 Å². The highest BCUT2D eigenvalue weighted by Crippen LogP contribution is 2.26. The third-order valence-corrected chi connectivity index (χ3v) is 3.22. The number of rotatable bonds is 5. The van der Waals surface area contributed by atoms with Gasteiger partial charge >= 0.3 is 0 Å². The van der Waals surface area contributed by atoms with Crippen LogP contribution >= 0.6 is 0 Å². The minimum atomic E-state index is -0.250. The van der Waals surface area contributed by atoms with Crippen molar-refractivity contribution in [3.63, 3.8) is 0 Å². The van der Waals surface area contributed by atoms with Crippen LogP contribution in [0.1, 0.15) is 30.1 Å². The molecule has 0 atom stereocenters. The number of nitrogen functional groups attached to an aromatic ring is 1. The smallest absolute Gasteiger partial charge is 0.251 e. The highest BCUT2D eigenvalue weighted by molar-refractivity contribution is 5.96. The van der Waals surface area contributed by atoms with Gasteiger partial charge in [-0.15, -0.1) is 0 Å². The third-order valence-electron chi connectivity index (χ3n) is 3.22. The van der Waals surface area contributed by atoms with Gasteiger partial charge in [-0.2, -0.15) is 0 Å². The Morgan fingerprint density at radius 2 is 1.95 bits per heavy atom. The predicted octanol–water partition coefficient (Wildman–Crippen LogP) is 1.01. The summed E-state index contributed by atoms with van der Waals surface area (Å²) in [6.45, 7) is 2.70. The number of hydrogen-bond donors (Lipinski definition) is 2. The normalized spacial score (nSPS) is 13.9. The zero-order chi connectivity index (χ0) is 13.8. The molecule has 0 unspecified atom stereocenters. The van der Waals surface area contributed by atoms with Crippen molar-refractivity contribution in [1.82, 2.24) is 10.2 Å². The van der Waals surface area contributed by atoms with Crippen LogP contribution in [-0.2, 0) is 4.79 Å². The van der Waals surface area contributed by atoms with E-state index in [1.807, 2.05) is 11.8 Å². The van der Waals surface area contributed by atoms with Gasteiger partial charge in [0.2, 0.25) is 5.91 Å². The second-order valence-corrected chi connectivity index (χ2v) is 4.72. The van der Waals surface area contributed by atoms with E-state index in [9.17, 15) is 9.59 Å². The van der Waals surface area contributed by atoms with Crippen molar-refractivity contribution in [2.45, 2.75) is 25.8 Å². The fraction of sp³-hybridized carbons (Fsp3) is 0.429.